The molecule has 0 radical (unpaired) electrons. The van der Waals surface area contributed by atoms with E-state index in [0.29, 0.717) is 46.3 Å². The van der Waals surface area contributed by atoms with Crippen LogP contribution < -0.4 is 40.3 Å². The zero-order valence-corrected chi connectivity index (χ0v) is 16.2. The lowest BCUT2D eigenvalue weighted by atomic mass is 10.1. The highest BCUT2D eigenvalue weighted by Crippen LogP contribution is 2.44. The van der Waals surface area contributed by atoms with Crippen molar-refractivity contribution >= 4 is 22.7 Å². The molecule has 0 amide bonds. The molecule has 2 heterocycles. The first-order chi connectivity index (χ1) is 14.2. The molecule has 0 unspecified atom stereocenters. The lowest BCUT2D eigenvalue weighted by molar-refractivity contribution is 0.174. The van der Waals surface area contributed by atoms with Gasteiger partial charge in [-0.3, -0.25) is 5.43 Å². The Balaban J connectivity index is 1.76. The van der Waals surface area contributed by atoms with Crippen LogP contribution in [0.4, 0.5) is 11.8 Å². The van der Waals surface area contributed by atoms with Crippen LogP contribution in [0, 0.1) is 0 Å². The first-order valence-corrected chi connectivity index (χ1v) is 8.78. The molecular formula is C19H21N5O5. The second-order valence-electron chi connectivity index (χ2n) is 6.12. The molecule has 2 aromatic carbocycles. The van der Waals surface area contributed by atoms with Crippen LogP contribution in [0.5, 0.6) is 28.7 Å². The number of hydrazine groups is 1. The minimum atomic E-state index is 0.232. The SMILES string of the molecule is COc1cc2c(NCc3ccc4c(c3)OCO4)nc(NN)nc2c(OC)c1OC. The van der Waals surface area contributed by atoms with Gasteiger partial charge in [0.1, 0.15) is 11.3 Å². The molecular weight excluding hydrogens is 378 g/mol. The quantitative estimate of drug-likeness (QED) is 0.403. The van der Waals surface area contributed by atoms with Crippen LogP contribution in [-0.2, 0) is 6.54 Å². The van der Waals surface area contributed by atoms with Crippen molar-refractivity contribution in [2.24, 2.45) is 5.84 Å². The molecule has 0 saturated heterocycles. The largest absolute Gasteiger partial charge is 0.493 e. The molecule has 10 nitrogen and oxygen atoms in total. The highest BCUT2D eigenvalue weighted by molar-refractivity contribution is 5.97. The van der Waals surface area contributed by atoms with Crippen LogP contribution >= 0.6 is 0 Å². The maximum absolute atomic E-state index is 5.57. The van der Waals surface area contributed by atoms with Crippen LogP contribution in [0.3, 0.4) is 0 Å². The number of nitrogen functional groups attached to an aromatic ring is 1. The summed E-state index contributed by atoms with van der Waals surface area (Å²) >= 11 is 0. The van der Waals surface area contributed by atoms with Gasteiger partial charge < -0.3 is 29.0 Å². The maximum Gasteiger partial charge on any atom is 0.239 e. The predicted octanol–water partition coefficient (Wildman–Crippen LogP) is 2.28. The van der Waals surface area contributed by atoms with Crippen molar-refractivity contribution in [3.05, 3.63) is 29.8 Å². The average Bonchev–Trinajstić information content (AvgIpc) is 3.23. The van der Waals surface area contributed by atoms with Crippen LogP contribution in [0.2, 0.25) is 0 Å². The Kier molecular flexibility index (Phi) is 5.00. The van der Waals surface area contributed by atoms with E-state index in [0.717, 1.165) is 11.3 Å². The summed E-state index contributed by atoms with van der Waals surface area (Å²) in [5.74, 6) is 9.16. The maximum atomic E-state index is 5.57. The molecule has 0 atom stereocenters. The van der Waals surface area contributed by atoms with E-state index in [1.165, 1.54) is 14.2 Å². The number of ether oxygens (including phenoxy) is 5. The highest BCUT2D eigenvalue weighted by atomic mass is 16.7. The molecule has 3 aromatic rings. The number of benzene rings is 2. The number of nitrogens with two attached hydrogens (primary N) is 1. The molecule has 1 aliphatic rings. The van der Waals surface area contributed by atoms with E-state index in [2.05, 4.69) is 20.7 Å². The lowest BCUT2D eigenvalue weighted by Gasteiger charge is -2.17. The van der Waals surface area contributed by atoms with E-state index < -0.39 is 0 Å². The average molecular weight is 399 g/mol. The van der Waals surface area contributed by atoms with Crippen molar-refractivity contribution in [3.63, 3.8) is 0 Å². The summed E-state index contributed by atoms with van der Waals surface area (Å²) < 4.78 is 27.2. The van der Waals surface area contributed by atoms with Gasteiger partial charge in [-0.1, -0.05) is 6.07 Å². The van der Waals surface area contributed by atoms with Crippen molar-refractivity contribution in [2.45, 2.75) is 6.54 Å². The van der Waals surface area contributed by atoms with Crippen LogP contribution in [-0.4, -0.2) is 38.1 Å². The third kappa shape index (κ3) is 3.34. The number of hydrogen-bond acceptors (Lipinski definition) is 10. The van der Waals surface area contributed by atoms with Crippen molar-refractivity contribution < 1.29 is 23.7 Å². The minimum absolute atomic E-state index is 0.232. The second kappa shape index (κ2) is 7.76. The van der Waals surface area contributed by atoms with E-state index in [-0.39, 0.29) is 12.7 Å². The number of fused-ring (bicyclic) bond motifs is 2. The first-order valence-electron chi connectivity index (χ1n) is 8.78. The molecule has 10 heteroatoms. The predicted molar refractivity (Wildman–Crippen MR) is 107 cm³/mol. The summed E-state index contributed by atoms with van der Waals surface area (Å²) in [5.41, 5.74) is 4.01. The van der Waals surface area contributed by atoms with E-state index >= 15 is 0 Å². The van der Waals surface area contributed by atoms with Gasteiger partial charge in [-0.15, -0.1) is 0 Å². The number of methoxy groups -OCH3 is 3. The summed E-state index contributed by atoms with van der Waals surface area (Å²) in [6.45, 7) is 0.721. The van der Waals surface area contributed by atoms with Crippen LogP contribution in [0.25, 0.3) is 10.9 Å². The summed E-state index contributed by atoms with van der Waals surface area (Å²) in [7, 11) is 4.63. The highest BCUT2D eigenvalue weighted by Gasteiger charge is 2.21. The fraction of sp³-hybridized carbons (Fsp3) is 0.263. The number of anilines is 2. The van der Waals surface area contributed by atoms with Gasteiger partial charge in [0.25, 0.3) is 0 Å². The molecule has 0 fully saturated rings. The van der Waals surface area contributed by atoms with Crippen molar-refractivity contribution in [1.82, 2.24) is 9.97 Å². The van der Waals surface area contributed by atoms with Gasteiger partial charge in [-0.2, -0.15) is 4.98 Å². The smallest absolute Gasteiger partial charge is 0.239 e. The fourth-order valence-electron chi connectivity index (χ4n) is 3.17. The molecule has 1 aromatic heterocycles. The Morgan fingerprint density at radius 1 is 1.00 bits per heavy atom. The van der Waals surface area contributed by atoms with Gasteiger partial charge in [0.2, 0.25) is 18.5 Å². The Hall–Kier alpha value is -3.66. The number of nitrogens with zero attached hydrogens (tertiary/aromatic N) is 2. The molecule has 29 heavy (non-hydrogen) atoms. The summed E-state index contributed by atoms with van der Waals surface area (Å²) in [6.07, 6.45) is 0. The summed E-state index contributed by atoms with van der Waals surface area (Å²) in [6, 6.07) is 7.54. The second-order valence-corrected chi connectivity index (χ2v) is 6.12. The summed E-state index contributed by atoms with van der Waals surface area (Å²) in [5, 5.41) is 4.01. The molecule has 4 N–H and O–H groups in total. The van der Waals surface area contributed by atoms with E-state index in [1.54, 1.807) is 13.2 Å². The molecule has 0 aliphatic carbocycles. The third-order valence-corrected chi connectivity index (χ3v) is 4.52. The number of rotatable bonds is 7. The number of aromatic nitrogens is 2. The molecule has 1 aliphatic heterocycles. The van der Waals surface area contributed by atoms with Crippen LogP contribution in [0.1, 0.15) is 5.56 Å². The van der Waals surface area contributed by atoms with Gasteiger partial charge in [0.05, 0.1) is 26.7 Å². The van der Waals surface area contributed by atoms with Gasteiger partial charge in [0, 0.05) is 6.54 Å². The van der Waals surface area contributed by atoms with Crippen molar-refractivity contribution in [2.75, 3.05) is 38.9 Å². The zero-order valence-electron chi connectivity index (χ0n) is 16.2. The molecule has 0 bridgehead atoms. The van der Waals surface area contributed by atoms with Gasteiger partial charge >= 0.3 is 0 Å². The Morgan fingerprint density at radius 2 is 1.79 bits per heavy atom. The third-order valence-electron chi connectivity index (χ3n) is 4.52. The molecule has 0 saturated carbocycles. The van der Waals surface area contributed by atoms with E-state index in [4.69, 9.17) is 29.5 Å². The Morgan fingerprint density at radius 3 is 2.52 bits per heavy atom. The van der Waals surface area contributed by atoms with E-state index in [9.17, 15) is 0 Å². The Bertz CT molecular complexity index is 1060. The standard InChI is InChI=1S/C19H21N5O5/c1-25-14-7-11-15(17(27-3)16(14)26-2)22-19(24-20)23-18(11)21-8-10-4-5-12-13(6-10)29-9-28-12/h4-7H,8-9,20H2,1-3H3,(H2,21,22,23,24). The van der Waals surface area contributed by atoms with Gasteiger partial charge in [-0.05, 0) is 23.8 Å². The van der Waals surface area contributed by atoms with Gasteiger partial charge in [0.15, 0.2) is 23.0 Å². The van der Waals surface area contributed by atoms with Crippen LogP contribution in [0.15, 0.2) is 24.3 Å². The number of nitrogens with one attached hydrogen (secondary N) is 2. The minimum Gasteiger partial charge on any atom is -0.493 e. The lowest BCUT2D eigenvalue weighted by Crippen LogP contribution is -2.13. The Labute approximate surface area is 166 Å². The molecule has 152 valence electrons. The molecule has 0 spiro atoms. The molecule has 4 rings (SSSR count). The monoisotopic (exact) mass is 399 g/mol. The topological polar surface area (TPSA) is 122 Å². The van der Waals surface area contributed by atoms with Crippen molar-refractivity contribution in [3.8, 4) is 28.7 Å². The number of hydrogen-bond donors (Lipinski definition) is 3. The normalized spacial score (nSPS) is 12.0. The van der Waals surface area contributed by atoms with E-state index in [1.807, 2.05) is 18.2 Å². The van der Waals surface area contributed by atoms with Gasteiger partial charge in [-0.25, -0.2) is 10.8 Å². The summed E-state index contributed by atoms with van der Waals surface area (Å²) in [4.78, 5) is 8.87. The zero-order chi connectivity index (χ0) is 20.4. The fourth-order valence-corrected chi connectivity index (χ4v) is 3.17. The van der Waals surface area contributed by atoms with Crippen molar-refractivity contribution in [1.29, 1.82) is 0 Å². The first kappa shape index (κ1) is 18.7.